The highest BCUT2D eigenvalue weighted by atomic mass is 16.5. The molecule has 2 rings (SSSR count). The molecule has 0 fully saturated rings. The minimum atomic E-state index is 0.294. The molecule has 6 heteroatoms. The fourth-order valence-electron chi connectivity index (χ4n) is 1.81. The summed E-state index contributed by atoms with van der Waals surface area (Å²) in [6.45, 7) is 6.28. The molecule has 2 aromatic heterocycles. The van der Waals surface area contributed by atoms with Crippen molar-refractivity contribution in [2.75, 3.05) is 6.54 Å². The minimum Gasteiger partial charge on any atom is -0.484 e. The number of pyridine rings is 1. The van der Waals surface area contributed by atoms with Gasteiger partial charge in [-0.05, 0) is 31.5 Å². The lowest BCUT2D eigenvalue weighted by Gasteiger charge is -2.05. The van der Waals surface area contributed by atoms with E-state index in [1.165, 1.54) is 0 Å². The first-order valence-corrected chi connectivity index (χ1v) is 7.41. The molecular weight excluding hydrogens is 268 g/mol. The van der Waals surface area contributed by atoms with Crippen LogP contribution in [0, 0.1) is 0 Å². The molecule has 0 aliphatic heterocycles. The van der Waals surface area contributed by atoms with Crippen molar-refractivity contribution in [3.63, 3.8) is 0 Å². The van der Waals surface area contributed by atoms with Gasteiger partial charge in [-0.1, -0.05) is 19.0 Å². The summed E-state index contributed by atoms with van der Waals surface area (Å²) in [5, 5.41) is 7.18. The van der Waals surface area contributed by atoms with Gasteiger partial charge in [0.1, 0.15) is 5.75 Å². The maximum atomic E-state index is 5.60. The van der Waals surface area contributed by atoms with Crippen LogP contribution >= 0.6 is 0 Å². The number of aryl methyl sites for hydroxylation is 1. The van der Waals surface area contributed by atoms with Crippen LogP contribution in [0.5, 0.6) is 5.75 Å². The second kappa shape index (κ2) is 8.36. The number of ether oxygens (including phenoxy) is 1. The van der Waals surface area contributed by atoms with E-state index in [0.717, 1.165) is 38.0 Å². The lowest BCUT2D eigenvalue weighted by Crippen LogP contribution is -2.14. The Labute approximate surface area is 124 Å². The Hall–Kier alpha value is -1.95. The molecule has 0 bridgehead atoms. The first kappa shape index (κ1) is 15.4. The first-order chi connectivity index (χ1) is 10.3. The fourth-order valence-corrected chi connectivity index (χ4v) is 1.81. The van der Waals surface area contributed by atoms with E-state index in [2.05, 4.69) is 34.3 Å². The van der Waals surface area contributed by atoms with Crippen molar-refractivity contribution >= 4 is 0 Å². The zero-order chi connectivity index (χ0) is 14.9. The molecule has 0 saturated carbocycles. The molecular formula is C15H22N4O2. The summed E-state index contributed by atoms with van der Waals surface area (Å²) in [6, 6.07) is 3.86. The van der Waals surface area contributed by atoms with Gasteiger partial charge in [-0.15, -0.1) is 0 Å². The third-order valence-electron chi connectivity index (χ3n) is 2.87. The molecule has 6 nitrogen and oxygen atoms in total. The number of nitrogens with zero attached hydrogens (tertiary/aromatic N) is 3. The zero-order valence-electron chi connectivity index (χ0n) is 12.6. The number of hydrogen-bond donors (Lipinski definition) is 1. The van der Waals surface area contributed by atoms with Gasteiger partial charge in [0, 0.05) is 13.0 Å². The van der Waals surface area contributed by atoms with Crippen molar-refractivity contribution in [1.82, 2.24) is 20.4 Å². The number of aromatic nitrogens is 3. The van der Waals surface area contributed by atoms with Gasteiger partial charge in [0.2, 0.25) is 11.7 Å². The Kier molecular flexibility index (Phi) is 6.15. The summed E-state index contributed by atoms with van der Waals surface area (Å²) in [6.07, 6.45) is 4.62. The lowest BCUT2D eigenvalue weighted by atomic mass is 10.3. The molecule has 0 spiro atoms. The molecule has 2 aromatic rings. The molecule has 21 heavy (non-hydrogen) atoms. The molecule has 0 aliphatic rings. The predicted molar refractivity (Wildman–Crippen MR) is 78.9 cm³/mol. The van der Waals surface area contributed by atoms with Crippen LogP contribution in [0.4, 0.5) is 0 Å². The molecule has 2 heterocycles. The van der Waals surface area contributed by atoms with E-state index in [1.54, 1.807) is 6.20 Å². The Balaban J connectivity index is 1.79. The summed E-state index contributed by atoms with van der Waals surface area (Å²) in [5.41, 5.74) is 1.00. The van der Waals surface area contributed by atoms with Crippen LogP contribution in [0.2, 0.25) is 0 Å². The lowest BCUT2D eigenvalue weighted by molar-refractivity contribution is 0.284. The molecule has 0 amide bonds. The first-order valence-electron chi connectivity index (χ1n) is 7.41. The fraction of sp³-hybridized carbons (Fsp3) is 0.533. The Bertz CT molecular complexity index is 525. The van der Waals surface area contributed by atoms with Crippen molar-refractivity contribution < 1.29 is 9.26 Å². The van der Waals surface area contributed by atoms with Gasteiger partial charge in [-0.25, -0.2) is 0 Å². The quantitative estimate of drug-likeness (QED) is 0.715. The van der Waals surface area contributed by atoms with Gasteiger partial charge in [0.15, 0.2) is 6.61 Å². The van der Waals surface area contributed by atoms with E-state index in [-0.39, 0.29) is 0 Å². The zero-order valence-corrected chi connectivity index (χ0v) is 12.6. The molecule has 0 unspecified atom stereocenters. The van der Waals surface area contributed by atoms with Gasteiger partial charge >= 0.3 is 0 Å². The SMILES string of the molecule is CCCNCc1ccc(OCc2noc(CCC)n2)cn1. The van der Waals surface area contributed by atoms with Gasteiger partial charge in [0.25, 0.3) is 0 Å². The van der Waals surface area contributed by atoms with Crippen molar-refractivity contribution in [3.05, 3.63) is 35.7 Å². The average molecular weight is 290 g/mol. The third kappa shape index (κ3) is 5.15. The largest absolute Gasteiger partial charge is 0.484 e. The van der Waals surface area contributed by atoms with Crippen molar-refractivity contribution in [2.45, 2.75) is 46.3 Å². The number of nitrogens with one attached hydrogen (secondary N) is 1. The molecule has 0 saturated heterocycles. The summed E-state index contributed by atoms with van der Waals surface area (Å²) in [7, 11) is 0. The summed E-state index contributed by atoms with van der Waals surface area (Å²) < 4.78 is 10.7. The van der Waals surface area contributed by atoms with Crippen LogP contribution in [-0.4, -0.2) is 21.7 Å². The van der Waals surface area contributed by atoms with Crippen molar-refractivity contribution in [1.29, 1.82) is 0 Å². The van der Waals surface area contributed by atoms with Crippen LogP contribution < -0.4 is 10.1 Å². The topological polar surface area (TPSA) is 73.1 Å². The molecule has 0 aromatic carbocycles. The van der Waals surface area contributed by atoms with Crippen LogP contribution in [0.3, 0.4) is 0 Å². The van der Waals surface area contributed by atoms with E-state index in [1.807, 2.05) is 12.1 Å². The summed E-state index contributed by atoms with van der Waals surface area (Å²) >= 11 is 0. The normalized spacial score (nSPS) is 10.8. The Morgan fingerprint density at radius 1 is 1.24 bits per heavy atom. The molecule has 0 aliphatic carbocycles. The van der Waals surface area contributed by atoms with Crippen LogP contribution in [0.1, 0.15) is 44.1 Å². The van der Waals surface area contributed by atoms with E-state index < -0.39 is 0 Å². The smallest absolute Gasteiger partial charge is 0.226 e. The summed E-state index contributed by atoms with van der Waals surface area (Å²) in [5.74, 6) is 1.93. The van der Waals surface area contributed by atoms with Gasteiger partial charge in [0.05, 0.1) is 11.9 Å². The molecule has 1 N–H and O–H groups in total. The maximum Gasteiger partial charge on any atom is 0.226 e. The highest BCUT2D eigenvalue weighted by Gasteiger charge is 2.06. The highest BCUT2D eigenvalue weighted by Crippen LogP contribution is 2.11. The van der Waals surface area contributed by atoms with Crippen molar-refractivity contribution in [3.8, 4) is 5.75 Å². The van der Waals surface area contributed by atoms with Crippen LogP contribution in [-0.2, 0) is 19.6 Å². The maximum absolute atomic E-state index is 5.60. The molecule has 0 atom stereocenters. The van der Waals surface area contributed by atoms with Gasteiger partial charge in [-0.2, -0.15) is 4.98 Å². The van der Waals surface area contributed by atoms with E-state index >= 15 is 0 Å². The monoisotopic (exact) mass is 290 g/mol. The van der Waals surface area contributed by atoms with E-state index in [4.69, 9.17) is 9.26 Å². The second-order valence-electron chi connectivity index (χ2n) is 4.81. The molecule has 0 radical (unpaired) electrons. The number of hydrogen-bond acceptors (Lipinski definition) is 6. The number of rotatable bonds is 9. The predicted octanol–water partition coefficient (Wildman–Crippen LogP) is 2.50. The molecule has 114 valence electrons. The van der Waals surface area contributed by atoms with Gasteiger partial charge in [-0.3, -0.25) is 4.98 Å². The van der Waals surface area contributed by atoms with Crippen LogP contribution in [0.25, 0.3) is 0 Å². The second-order valence-corrected chi connectivity index (χ2v) is 4.81. The minimum absolute atomic E-state index is 0.294. The third-order valence-corrected chi connectivity index (χ3v) is 2.87. The Morgan fingerprint density at radius 2 is 2.14 bits per heavy atom. The van der Waals surface area contributed by atoms with Crippen LogP contribution in [0.15, 0.2) is 22.9 Å². The van der Waals surface area contributed by atoms with E-state index in [9.17, 15) is 0 Å². The Morgan fingerprint density at radius 3 is 2.86 bits per heavy atom. The summed E-state index contributed by atoms with van der Waals surface area (Å²) in [4.78, 5) is 8.59. The van der Waals surface area contributed by atoms with Gasteiger partial charge < -0.3 is 14.6 Å². The standard InChI is InChI=1S/C15H22N4O2/c1-3-5-15-18-14(19-21-15)11-20-13-7-6-12(17-10-13)9-16-8-4-2/h6-7,10,16H,3-5,8-9,11H2,1-2H3. The van der Waals surface area contributed by atoms with Crippen molar-refractivity contribution in [2.24, 2.45) is 0 Å². The average Bonchev–Trinajstić information content (AvgIpc) is 2.95. The van der Waals surface area contributed by atoms with E-state index in [0.29, 0.717) is 24.1 Å². The highest BCUT2D eigenvalue weighted by molar-refractivity contribution is 5.19.